The molecule has 0 aliphatic carbocycles. The fraction of sp³-hybridized carbons (Fsp3) is 0.750. The average Bonchev–Trinajstić information content (AvgIpc) is 2.25. The van der Waals surface area contributed by atoms with Gasteiger partial charge >= 0.3 is 11.9 Å². The molecule has 18 heavy (non-hydrogen) atoms. The number of nitrogens with one attached hydrogen (secondary N) is 1. The smallest absolute Gasteiger partial charge is 0.328 e. The molecule has 2 N–H and O–H groups in total. The van der Waals surface area contributed by atoms with Crippen LogP contribution in [0.25, 0.3) is 0 Å². The first-order valence-corrected chi connectivity index (χ1v) is 6.06. The van der Waals surface area contributed by atoms with Crippen molar-refractivity contribution < 1.29 is 24.2 Å². The summed E-state index contributed by atoms with van der Waals surface area (Å²) < 4.78 is 4.86. The lowest BCUT2D eigenvalue weighted by Gasteiger charge is -2.20. The van der Waals surface area contributed by atoms with E-state index >= 15 is 0 Å². The molecule has 0 spiro atoms. The Morgan fingerprint density at radius 3 is 2.28 bits per heavy atom. The number of hydrogen-bond acceptors (Lipinski definition) is 4. The Hall–Kier alpha value is -1.59. The van der Waals surface area contributed by atoms with Crippen LogP contribution in [0, 0.1) is 5.92 Å². The fourth-order valence-corrected chi connectivity index (χ4v) is 1.38. The van der Waals surface area contributed by atoms with Gasteiger partial charge in [-0.3, -0.25) is 9.59 Å². The van der Waals surface area contributed by atoms with Gasteiger partial charge in [-0.25, -0.2) is 4.79 Å². The predicted octanol–water partition coefficient (Wildman–Crippen LogP) is 0.945. The summed E-state index contributed by atoms with van der Waals surface area (Å²) in [6.07, 6.45) is 0.295. The molecule has 0 heterocycles. The molecule has 0 saturated heterocycles. The highest BCUT2D eigenvalue weighted by molar-refractivity contribution is 5.84. The summed E-state index contributed by atoms with van der Waals surface area (Å²) in [5.74, 6) is -1.80. The molecule has 6 heteroatoms. The lowest BCUT2D eigenvalue weighted by Crippen LogP contribution is -2.45. The summed E-state index contributed by atoms with van der Waals surface area (Å²) in [4.78, 5) is 33.4. The standard InChI is InChI=1S/C12H21NO5/c1-4-18-12(17)11(8(2)3)13-9(14)6-5-7-10(15)16/h8,11H,4-7H2,1-3H3,(H,13,14)(H,15,16)/t11-/m0/s1. The molecule has 1 amide bonds. The Kier molecular flexibility index (Phi) is 7.74. The molecule has 104 valence electrons. The van der Waals surface area contributed by atoms with Crippen LogP contribution in [0.1, 0.15) is 40.0 Å². The fourth-order valence-electron chi connectivity index (χ4n) is 1.38. The van der Waals surface area contributed by atoms with E-state index in [0.29, 0.717) is 0 Å². The Morgan fingerprint density at radius 2 is 1.83 bits per heavy atom. The zero-order chi connectivity index (χ0) is 14.1. The molecule has 0 fully saturated rings. The molecule has 0 aromatic carbocycles. The van der Waals surface area contributed by atoms with Crippen LogP contribution in [0.5, 0.6) is 0 Å². The Balaban J connectivity index is 4.20. The molecule has 0 aromatic rings. The van der Waals surface area contributed by atoms with Gasteiger partial charge < -0.3 is 15.2 Å². The van der Waals surface area contributed by atoms with Gasteiger partial charge in [-0.1, -0.05) is 13.8 Å². The molecule has 0 radical (unpaired) electrons. The third-order valence-corrected chi connectivity index (χ3v) is 2.32. The van der Waals surface area contributed by atoms with Crippen LogP contribution in [0.4, 0.5) is 0 Å². The van der Waals surface area contributed by atoms with E-state index in [1.54, 1.807) is 20.8 Å². The van der Waals surface area contributed by atoms with Crippen molar-refractivity contribution in [1.29, 1.82) is 0 Å². The van der Waals surface area contributed by atoms with Crippen LogP contribution in [0.3, 0.4) is 0 Å². The number of carbonyl (C=O) groups excluding carboxylic acids is 2. The van der Waals surface area contributed by atoms with E-state index in [-0.39, 0.29) is 37.7 Å². The van der Waals surface area contributed by atoms with Gasteiger partial charge in [-0.05, 0) is 19.3 Å². The SMILES string of the molecule is CCOC(=O)[C@@H](NC(=O)CCCC(=O)O)C(C)C. The minimum atomic E-state index is -0.936. The van der Waals surface area contributed by atoms with Gasteiger partial charge in [-0.15, -0.1) is 0 Å². The maximum absolute atomic E-state index is 11.6. The number of carboxylic acid groups (broad SMARTS) is 1. The van der Waals surface area contributed by atoms with Crippen LogP contribution >= 0.6 is 0 Å². The number of carboxylic acids is 1. The third kappa shape index (κ3) is 6.88. The lowest BCUT2D eigenvalue weighted by molar-refractivity contribution is -0.148. The molecular weight excluding hydrogens is 238 g/mol. The van der Waals surface area contributed by atoms with Gasteiger partial charge in [0.2, 0.25) is 5.91 Å². The third-order valence-electron chi connectivity index (χ3n) is 2.32. The van der Waals surface area contributed by atoms with Crippen LogP contribution in [-0.2, 0) is 19.1 Å². The summed E-state index contributed by atoms with van der Waals surface area (Å²) in [6, 6.07) is -0.678. The van der Waals surface area contributed by atoms with E-state index in [1.165, 1.54) is 0 Å². The van der Waals surface area contributed by atoms with Crippen LogP contribution in [0.15, 0.2) is 0 Å². The van der Waals surface area contributed by atoms with Gasteiger partial charge in [0.05, 0.1) is 6.61 Å². The maximum Gasteiger partial charge on any atom is 0.328 e. The molecule has 0 saturated carbocycles. The molecule has 1 atom stereocenters. The number of esters is 1. The molecule has 0 aliphatic rings. The summed E-state index contributed by atoms with van der Waals surface area (Å²) in [5, 5.41) is 11.0. The zero-order valence-electron chi connectivity index (χ0n) is 11.1. The number of hydrogen-bond donors (Lipinski definition) is 2. The van der Waals surface area contributed by atoms with Crippen molar-refractivity contribution in [3.63, 3.8) is 0 Å². The molecular formula is C12H21NO5. The molecule has 6 nitrogen and oxygen atoms in total. The van der Waals surface area contributed by atoms with Crippen LogP contribution in [-0.4, -0.2) is 35.6 Å². The summed E-state index contributed by atoms with van der Waals surface area (Å²) >= 11 is 0. The molecule has 0 unspecified atom stereocenters. The van der Waals surface area contributed by atoms with E-state index < -0.39 is 18.0 Å². The van der Waals surface area contributed by atoms with Crippen molar-refractivity contribution in [2.75, 3.05) is 6.61 Å². The zero-order valence-corrected chi connectivity index (χ0v) is 11.1. The summed E-state index contributed by atoms with van der Waals surface area (Å²) in [7, 11) is 0. The second-order valence-electron chi connectivity index (χ2n) is 4.29. The van der Waals surface area contributed by atoms with Crippen LogP contribution < -0.4 is 5.32 Å². The second kappa shape index (κ2) is 8.49. The normalized spacial score (nSPS) is 12.0. The highest BCUT2D eigenvalue weighted by atomic mass is 16.5. The van der Waals surface area contributed by atoms with Crippen molar-refractivity contribution in [3.8, 4) is 0 Å². The van der Waals surface area contributed by atoms with E-state index in [0.717, 1.165) is 0 Å². The van der Waals surface area contributed by atoms with E-state index in [4.69, 9.17) is 9.84 Å². The molecule has 0 aliphatic heterocycles. The minimum absolute atomic E-state index is 0.0564. The van der Waals surface area contributed by atoms with Gasteiger partial charge in [0.1, 0.15) is 6.04 Å². The van der Waals surface area contributed by atoms with Crippen molar-refractivity contribution >= 4 is 17.8 Å². The van der Waals surface area contributed by atoms with Crippen molar-refractivity contribution in [2.24, 2.45) is 5.92 Å². The first kappa shape index (κ1) is 16.4. The van der Waals surface area contributed by atoms with Crippen LogP contribution in [0.2, 0.25) is 0 Å². The summed E-state index contributed by atoms with van der Waals surface area (Å²) in [5.41, 5.74) is 0. The Morgan fingerprint density at radius 1 is 1.22 bits per heavy atom. The van der Waals surface area contributed by atoms with Crippen molar-refractivity contribution in [3.05, 3.63) is 0 Å². The van der Waals surface area contributed by atoms with Gasteiger partial charge in [0.15, 0.2) is 0 Å². The number of carbonyl (C=O) groups is 3. The Labute approximate surface area is 107 Å². The summed E-state index contributed by atoms with van der Waals surface area (Å²) in [6.45, 7) is 5.57. The first-order chi connectivity index (χ1) is 8.38. The average molecular weight is 259 g/mol. The van der Waals surface area contributed by atoms with Crippen molar-refractivity contribution in [2.45, 2.75) is 46.1 Å². The topological polar surface area (TPSA) is 92.7 Å². The van der Waals surface area contributed by atoms with E-state index in [1.807, 2.05) is 0 Å². The van der Waals surface area contributed by atoms with Gasteiger partial charge in [-0.2, -0.15) is 0 Å². The number of amides is 1. The molecule has 0 bridgehead atoms. The Bertz CT molecular complexity index is 301. The minimum Gasteiger partial charge on any atom is -0.481 e. The monoisotopic (exact) mass is 259 g/mol. The van der Waals surface area contributed by atoms with Crippen molar-refractivity contribution in [1.82, 2.24) is 5.32 Å². The maximum atomic E-state index is 11.6. The van der Waals surface area contributed by atoms with Gasteiger partial charge in [0.25, 0.3) is 0 Å². The second-order valence-corrected chi connectivity index (χ2v) is 4.29. The highest BCUT2D eigenvalue weighted by Crippen LogP contribution is 2.05. The van der Waals surface area contributed by atoms with E-state index in [2.05, 4.69) is 5.32 Å². The number of rotatable bonds is 8. The number of ether oxygens (including phenoxy) is 1. The van der Waals surface area contributed by atoms with E-state index in [9.17, 15) is 14.4 Å². The lowest BCUT2D eigenvalue weighted by atomic mass is 10.0. The quantitative estimate of drug-likeness (QED) is 0.633. The number of aliphatic carboxylic acids is 1. The first-order valence-electron chi connectivity index (χ1n) is 6.06. The highest BCUT2D eigenvalue weighted by Gasteiger charge is 2.25. The largest absolute Gasteiger partial charge is 0.481 e. The molecule has 0 rings (SSSR count). The predicted molar refractivity (Wildman–Crippen MR) is 64.9 cm³/mol. The van der Waals surface area contributed by atoms with Gasteiger partial charge in [0, 0.05) is 12.8 Å². The molecule has 0 aromatic heterocycles.